The molecule has 1 aromatic heterocycles. The number of likely N-dealkylation sites (tertiary alicyclic amines) is 1. The predicted octanol–water partition coefficient (Wildman–Crippen LogP) is 2.93. The molecule has 7 heteroatoms. The van der Waals surface area contributed by atoms with Crippen LogP contribution in [-0.2, 0) is 16.1 Å². The summed E-state index contributed by atoms with van der Waals surface area (Å²) in [4.78, 5) is 28.7. The molecule has 0 spiro atoms. The number of hydrogen-bond acceptors (Lipinski definition) is 5. The van der Waals surface area contributed by atoms with Crippen LogP contribution in [0.15, 0.2) is 34.7 Å². The van der Waals surface area contributed by atoms with Crippen LogP contribution >= 0.6 is 0 Å². The summed E-state index contributed by atoms with van der Waals surface area (Å²) in [6, 6.07) is 9.48. The van der Waals surface area contributed by atoms with Crippen LogP contribution in [0.2, 0.25) is 0 Å². The lowest BCUT2D eigenvalue weighted by Crippen LogP contribution is -2.41. The number of furan rings is 1. The lowest BCUT2D eigenvalue weighted by molar-refractivity contribution is -0.136. The summed E-state index contributed by atoms with van der Waals surface area (Å²) in [5, 5.41) is 5.44. The highest BCUT2D eigenvalue weighted by atomic mass is 16.3. The maximum Gasteiger partial charge on any atom is 0.313 e. The molecular weight excluding hydrogens is 380 g/mol. The third kappa shape index (κ3) is 5.86. The first-order valence-electron chi connectivity index (χ1n) is 10.5. The van der Waals surface area contributed by atoms with Crippen molar-refractivity contribution in [3.63, 3.8) is 0 Å². The van der Waals surface area contributed by atoms with Crippen LogP contribution < -0.4 is 15.5 Å². The molecule has 2 N–H and O–H groups in total. The Hall–Kier alpha value is -2.80. The van der Waals surface area contributed by atoms with Crippen molar-refractivity contribution in [2.75, 3.05) is 43.9 Å². The van der Waals surface area contributed by atoms with E-state index in [9.17, 15) is 9.59 Å². The number of hydrogen-bond donors (Lipinski definition) is 2. The first-order valence-corrected chi connectivity index (χ1v) is 10.5. The second-order valence-electron chi connectivity index (χ2n) is 8.26. The highest BCUT2D eigenvalue weighted by Crippen LogP contribution is 2.21. The molecule has 30 heavy (non-hydrogen) atoms. The quantitative estimate of drug-likeness (QED) is 0.714. The first kappa shape index (κ1) is 21.9. The number of piperidine rings is 1. The second kappa shape index (κ2) is 9.80. The fourth-order valence-corrected chi connectivity index (χ4v) is 3.78. The van der Waals surface area contributed by atoms with E-state index in [4.69, 9.17) is 4.42 Å². The standard InChI is InChI=1S/C23H32N4O3/c1-16-13-19(17(2)30-16)15-27-11-9-18(10-12-27)14-24-22(28)23(29)25-20-5-7-21(8-6-20)26(3)4/h5-8,13,18H,9-12,14-15H2,1-4H3,(H,24,28)(H,25,29). The number of carbonyl (C=O) groups is 2. The smallest absolute Gasteiger partial charge is 0.313 e. The fourth-order valence-electron chi connectivity index (χ4n) is 3.78. The van der Waals surface area contributed by atoms with Gasteiger partial charge in [0.2, 0.25) is 0 Å². The van der Waals surface area contributed by atoms with Crippen molar-refractivity contribution in [3.05, 3.63) is 47.4 Å². The van der Waals surface area contributed by atoms with E-state index in [1.165, 1.54) is 5.56 Å². The Morgan fingerprint density at radius 2 is 1.77 bits per heavy atom. The molecule has 0 unspecified atom stereocenters. The highest BCUT2D eigenvalue weighted by molar-refractivity contribution is 6.39. The molecule has 0 bridgehead atoms. The van der Waals surface area contributed by atoms with Crippen LogP contribution in [0.4, 0.5) is 11.4 Å². The summed E-state index contributed by atoms with van der Waals surface area (Å²) >= 11 is 0. The zero-order chi connectivity index (χ0) is 21.7. The third-order valence-electron chi connectivity index (χ3n) is 5.64. The molecule has 1 fully saturated rings. The lowest BCUT2D eigenvalue weighted by atomic mass is 9.96. The molecule has 1 aliphatic rings. The zero-order valence-electron chi connectivity index (χ0n) is 18.3. The van der Waals surface area contributed by atoms with Gasteiger partial charge < -0.3 is 20.0 Å². The minimum atomic E-state index is -0.629. The molecule has 2 heterocycles. The fraction of sp³-hybridized carbons (Fsp3) is 0.478. The Kier molecular flexibility index (Phi) is 7.15. The van der Waals surface area contributed by atoms with Gasteiger partial charge in [-0.15, -0.1) is 0 Å². The van der Waals surface area contributed by atoms with Crippen molar-refractivity contribution in [1.82, 2.24) is 10.2 Å². The van der Waals surface area contributed by atoms with Gasteiger partial charge in [-0.25, -0.2) is 0 Å². The Labute approximate surface area is 178 Å². The van der Waals surface area contributed by atoms with Crippen LogP contribution in [0.3, 0.4) is 0 Å². The van der Waals surface area contributed by atoms with E-state index in [1.54, 1.807) is 12.1 Å². The van der Waals surface area contributed by atoms with Crippen molar-refractivity contribution in [2.24, 2.45) is 5.92 Å². The first-order chi connectivity index (χ1) is 14.3. The molecule has 2 amide bonds. The van der Waals surface area contributed by atoms with Crippen molar-refractivity contribution in [3.8, 4) is 0 Å². The van der Waals surface area contributed by atoms with Crippen LogP contribution in [0.25, 0.3) is 0 Å². The summed E-state index contributed by atoms with van der Waals surface area (Å²) in [5.41, 5.74) is 2.88. The van der Waals surface area contributed by atoms with Crippen molar-refractivity contribution in [2.45, 2.75) is 33.2 Å². The van der Waals surface area contributed by atoms with Crippen LogP contribution in [0.5, 0.6) is 0 Å². The summed E-state index contributed by atoms with van der Waals surface area (Å²) in [6.07, 6.45) is 2.01. The zero-order valence-corrected chi connectivity index (χ0v) is 18.3. The summed E-state index contributed by atoms with van der Waals surface area (Å²) in [5.74, 6) is 1.12. The summed E-state index contributed by atoms with van der Waals surface area (Å²) in [7, 11) is 3.90. The molecule has 7 nitrogen and oxygen atoms in total. The van der Waals surface area contributed by atoms with Crippen molar-refractivity contribution >= 4 is 23.2 Å². The van der Waals surface area contributed by atoms with Gasteiger partial charge in [0.15, 0.2) is 0 Å². The van der Waals surface area contributed by atoms with Gasteiger partial charge in [-0.1, -0.05) is 0 Å². The predicted molar refractivity (Wildman–Crippen MR) is 119 cm³/mol. The van der Waals surface area contributed by atoms with Gasteiger partial charge in [-0.05, 0) is 76.0 Å². The number of carbonyl (C=O) groups excluding carboxylic acids is 2. The van der Waals surface area contributed by atoms with E-state index in [0.29, 0.717) is 18.2 Å². The number of nitrogens with zero attached hydrogens (tertiary/aromatic N) is 2. The maximum atomic E-state index is 12.2. The topological polar surface area (TPSA) is 77.8 Å². The van der Waals surface area contributed by atoms with E-state index in [2.05, 4.69) is 21.6 Å². The molecule has 1 aliphatic heterocycles. The molecule has 3 rings (SSSR count). The number of aryl methyl sites for hydroxylation is 2. The Balaban J connectivity index is 1.38. The molecule has 0 atom stereocenters. The van der Waals surface area contributed by atoms with Gasteiger partial charge in [0, 0.05) is 44.1 Å². The largest absolute Gasteiger partial charge is 0.466 e. The maximum absolute atomic E-state index is 12.2. The van der Waals surface area contributed by atoms with E-state index >= 15 is 0 Å². The monoisotopic (exact) mass is 412 g/mol. The second-order valence-corrected chi connectivity index (χ2v) is 8.26. The molecular formula is C23H32N4O3. The molecule has 162 valence electrons. The van der Waals surface area contributed by atoms with Crippen molar-refractivity contribution in [1.29, 1.82) is 0 Å². The van der Waals surface area contributed by atoms with E-state index < -0.39 is 11.8 Å². The van der Waals surface area contributed by atoms with Crippen LogP contribution in [0, 0.1) is 19.8 Å². The SMILES string of the molecule is Cc1cc(CN2CCC(CNC(=O)C(=O)Nc3ccc(N(C)C)cc3)CC2)c(C)o1. The Morgan fingerprint density at radius 3 is 2.33 bits per heavy atom. The molecule has 1 aromatic carbocycles. The lowest BCUT2D eigenvalue weighted by Gasteiger charge is -2.31. The van der Waals surface area contributed by atoms with Gasteiger partial charge in [0.1, 0.15) is 11.5 Å². The minimum Gasteiger partial charge on any atom is -0.466 e. The van der Waals surface area contributed by atoms with Gasteiger partial charge in [0.05, 0.1) is 0 Å². The van der Waals surface area contributed by atoms with Gasteiger partial charge in [0.25, 0.3) is 0 Å². The molecule has 0 saturated carbocycles. The summed E-state index contributed by atoms with van der Waals surface area (Å²) < 4.78 is 5.61. The van der Waals surface area contributed by atoms with E-state index in [1.807, 2.05) is 45.0 Å². The molecule has 2 aromatic rings. The van der Waals surface area contributed by atoms with Crippen LogP contribution in [-0.4, -0.2) is 50.4 Å². The van der Waals surface area contributed by atoms with Gasteiger partial charge >= 0.3 is 11.8 Å². The molecule has 0 aliphatic carbocycles. The van der Waals surface area contributed by atoms with Gasteiger partial charge in [-0.2, -0.15) is 0 Å². The average molecular weight is 413 g/mol. The Morgan fingerprint density at radius 1 is 1.10 bits per heavy atom. The normalized spacial score (nSPS) is 15.1. The van der Waals surface area contributed by atoms with E-state index in [-0.39, 0.29) is 0 Å². The number of rotatable bonds is 6. The Bertz CT molecular complexity index is 865. The average Bonchev–Trinajstić information content (AvgIpc) is 3.04. The number of benzene rings is 1. The highest BCUT2D eigenvalue weighted by Gasteiger charge is 2.22. The number of nitrogens with one attached hydrogen (secondary N) is 2. The molecule has 1 saturated heterocycles. The number of amides is 2. The third-order valence-corrected chi connectivity index (χ3v) is 5.64. The van der Waals surface area contributed by atoms with Crippen LogP contribution in [0.1, 0.15) is 29.9 Å². The van der Waals surface area contributed by atoms with Gasteiger partial charge in [-0.3, -0.25) is 14.5 Å². The number of anilines is 2. The van der Waals surface area contributed by atoms with E-state index in [0.717, 1.165) is 49.7 Å². The van der Waals surface area contributed by atoms with Crippen molar-refractivity contribution < 1.29 is 14.0 Å². The summed E-state index contributed by atoms with van der Waals surface area (Å²) in [6.45, 7) is 7.37. The molecule has 0 radical (unpaired) electrons. The minimum absolute atomic E-state index is 0.393.